The van der Waals surface area contributed by atoms with E-state index in [0.717, 1.165) is 20.6 Å². The summed E-state index contributed by atoms with van der Waals surface area (Å²) in [7, 11) is -2.22. The van der Waals surface area contributed by atoms with Crippen molar-refractivity contribution in [1.82, 2.24) is 10.2 Å². The average Bonchev–Trinajstić information content (AvgIpc) is 2.74. The Balaban J connectivity index is 2.41. The van der Waals surface area contributed by atoms with Crippen LogP contribution in [-0.2, 0) is 26.2 Å². The summed E-state index contributed by atoms with van der Waals surface area (Å²) < 4.78 is 32.2. The van der Waals surface area contributed by atoms with Crippen LogP contribution >= 0.6 is 15.9 Å². The molecule has 0 spiro atoms. The zero-order valence-corrected chi connectivity index (χ0v) is 22.7. The zero-order chi connectivity index (χ0) is 25.7. The van der Waals surface area contributed by atoms with Gasteiger partial charge in [-0.2, -0.15) is 0 Å². The van der Waals surface area contributed by atoms with Crippen molar-refractivity contribution in [1.29, 1.82) is 0 Å². The second-order valence-corrected chi connectivity index (χ2v) is 11.9. The Morgan fingerprint density at radius 2 is 1.74 bits per heavy atom. The van der Waals surface area contributed by atoms with Crippen LogP contribution in [0.15, 0.2) is 53.0 Å². The van der Waals surface area contributed by atoms with E-state index in [1.54, 1.807) is 56.5 Å². The van der Waals surface area contributed by atoms with E-state index in [4.69, 9.17) is 4.74 Å². The summed E-state index contributed by atoms with van der Waals surface area (Å²) in [4.78, 5) is 27.8. The number of nitrogens with one attached hydrogen (secondary N) is 1. The maximum Gasteiger partial charge on any atom is 0.244 e. The molecule has 2 rings (SSSR count). The molecule has 1 N–H and O–H groups in total. The lowest BCUT2D eigenvalue weighted by atomic mass is 10.1. The number of methoxy groups -OCH3 is 1. The lowest BCUT2D eigenvalue weighted by Crippen LogP contribution is -2.54. The van der Waals surface area contributed by atoms with Crippen LogP contribution in [0, 0.1) is 0 Å². The summed E-state index contributed by atoms with van der Waals surface area (Å²) in [5.74, 6) is -0.227. The Morgan fingerprint density at radius 1 is 1.12 bits per heavy atom. The third-order valence-electron chi connectivity index (χ3n) is 4.95. The normalized spacial score (nSPS) is 12.6. The third kappa shape index (κ3) is 8.02. The Hall–Kier alpha value is -2.59. The van der Waals surface area contributed by atoms with Crippen molar-refractivity contribution in [2.24, 2.45) is 0 Å². The van der Waals surface area contributed by atoms with E-state index in [1.807, 2.05) is 26.8 Å². The molecule has 0 heterocycles. The molecule has 10 heteroatoms. The minimum atomic E-state index is -3.77. The zero-order valence-electron chi connectivity index (χ0n) is 20.3. The number of hydrogen-bond donors (Lipinski definition) is 1. The molecule has 0 aliphatic rings. The lowest BCUT2D eigenvalue weighted by molar-refractivity contribution is -0.140. The predicted molar refractivity (Wildman–Crippen MR) is 137 cm³/mol. The van der Waals surface area contributed by atoms with Gasteiger partial charge in [0, 0.05) is 16.6 Å². The number of carbonyl (C=O) groups is 2. The second-order valence-electron chi connectivity index (χ2n) is 9.03. The molecule has 0 saturated heterocycles. The quantitative estimate of drug-likeness (QED) is 0.512. The first-order valence-electron chi connectivity index (χ1n) is 10.7. The van der Waals surface area contributed by atoms with Crippen molar-refractivity contribution in [3.05, 3.63) is 58.6 Å². The van der Waals surface area contributed by atoms with Crippen molar-refractivity contribution in [3.63, 3.8) is 0 Å². The van der Waals surface area contributed by atoms with Gasteiger partial charge in [0.1, 0.15) is 18.3 Å². The van der Waals surface area contributed by atoms with Crippen molar-refractivity contribution < 1.29 is 22.7 Å². The molecule has 0 bridgehead atoms. The predicted octanol–water partition coefficient (Wildman–Crippen LogP) is 3.56. The molecule has 8 nitrogen and oxygen atoms in total. The summed E-state index contributed by atoms with van der Waals surface area (Å²) in [5.41, 5.74) is 0.608. The number of hydrogen-bond acceptors (Lipinski definition) is 5. The Kier molecular flexibility index (Phi) is 9.13. The number of ether oxygens (including phenoxy) is 1. The van der Waals surface area contributed by atoms with Crippen molar-refractivity contribution in [2.75, 3.05) is 24.2 Å². The van der Waals surface area contributed by atoms with Gasteiger partial charge in [-0.15, -0.1) is 0 Å². The number of sulfonamides is 1. The van der Waals surface area contributed by atoms with Crippen LogP contribution in [0.25, 0.3) is 0 Å². The highest BCUT2D eigenvalue weighted by atomic mass is 79.9. The molecular weight excluding hydrogens is 522 g/mol. The molecule has 186 valence electrons. The van der Waals surface area contributed by atoms with Gasteiger partial charge in [0.25, 0.3) is 0 Å². The van der Waals surface area contributed by atoms with Crippen LogP contribution in [0.5, 0.6) is 5.75 Å². The number of carbonyl (C=O) groups excluding carboxylic acids is 2. The second kappa shape index (κ2) is 11.2. The van der Waals surface area contributed by atoms with Crippen LogP contribution in [-0.4, -0.2) is 56.6 Å². The van der Waals surface area contributed by atoms with Crippen molar-refractivity contribution in [2.45, 2.75) is 45.8 Å². The third-order valence-corrected chi connectivity index (χ3v) is 6.62. The molecule has 0 saturated carbocycles. The van der Waals surface area contributed by atoms with Gasteiger partial charge in [0.05, 0.1) is 19.1 Å². The summed E-state index contributed by atoms with van der Waals surface area (Å²) in [5, 5.41) is 2.89. The highest BCUT2D eigenvalue weighted by Crippen LogP contribution is 2.22. The number of amides is 2. The van der Waals surface area contributed by atoms with Gasteiger partial charge in [-0.05, 0) is 69.7 Å². The highest BCUT2D eigenvalue weighted by Gasteiger charge is 2.31. The van der Waals surface area contributed by atoms with Gasteiger partial charge in [-0.1, -0.05) is 28.1 Å². The highest BCUT2D eigenvalue weighted by molar-refractivity contribution is 9.10. The molecule has 1 atom stereocenters. The van der Waals surface area contributed by atoms with Gasteiger partial charge in [0.2, 0.25) is 21.8 Å². The van der Waals surface area contributed by atoms with Gasteiger partial charge in [0.15, 0.2) is 0 Å². The maximum atomic E-state index is 13.5. The molecule has 2 aromatic carbocycles. The number of benzene rings is 2. The van der Waals surface area contributed by atoms with Gasteiger partial charge < -0.3 is 15.0 Å². The minimum Gasteiger partial charge on any atom is -0.497 e. The van der Waals surface area contributed by atoms with Crippen molar-refractivity contribution >= 4 is 43.5 Å². The van der Waals surface area contributed by atoms with E-state index < -0.39 is 34.1 Å². The van der Waals surface area contributed by atoms with Crippen LogP contribution in [0.1, 0.15) is 33.3 Å². The van der Waals surface area contributed by atoms with Crippen LogP contribution in [0.3, 0.4) is 0 Å². The first-order chi connectivity index (χ1) is 15.7. The maximum absolute atomic E-state index is 13.5. The smallest absolute Gasteiger partial charge is 0.244 e. The Labute approximate surface area is 210 Å². The average molecular weight is 555 g/mol. The summed E-state index contributed by atoms with van der Waals surface area (Å²) in [6.45, 7) is 6.84. The first kappa shape index (κ1) is 27.7. The van der Waals surface area contributed by atoms with E-state index in [9.17, 15) is 18.0 Å². The SMILES string of the molecule is COc1cccc(CN(C(=O)CN(c2ccc(Br)cc2)S(C)(=O)=O)[C@H](C)C(=O)NC(C)(C)C)c1. The van der Waals surface area contributed by atoms with E-state index in [-0.39, 0.29) is 12.5 Å². The van der Waals surface area contributed by atoms with Gasteiger partial charge in [-0.25, -0.2) is 8.42 Å². The Morgan fingerprint density at radius 3 is 2.26 bits per heavy atom. The van der Waals surface area contributed by atoms with Crippen LogP contribution < -0.4 is 14.4 Å². The number of anilines is 1. The molecule has 0 aliphatic carbocycles. The minimum absolute atomic E-state index is 0.104. The largest absolute Gasteiger partial charge is 0.497 e. The molecule has 0 aromatic heterocycles. The van der Waals surface area contributed by atoms with E-state index in [2.05, 4.69) is 21.2 Å². The van der Waals surface area contributed by atoms with E-state index in [0.29, 0.717) is 11.4 Å². The summed E-state index contributed by atoms with van der Waals surface area (Å²) >= 11 is 3.33. The lowest BCUT2D eigenvalue weighted by Gasteiger charge is -2.33. The molecule has 2 amide bonds. The summed E-state index contributed by atoms with van der Waals surface area (Å²) in [6, 6.07) is 12.9. The Bertz CT molecular complexity index is 1110. The topological polar surface area (TPSA) is 96.0 Å². The molecule has 0 unspecified atom stereocenters. The fraction of sp³-hybridized carbons (Fsp3) is 0.417. The van der Waals surface area contributed by atoms with Gasteiger partial charge in [-0.3, -0.25) is 13.9 Å². The van der Waals surface area contributed by atoms with Crippen molar-refractivity contribution in [3.8, 4) is 5.75 Å². The number of rotatable bonds is 9. The molecule has 0 fully saturated rings. The standard InChI is InChI=1S/C24H32BrN3O5S/c1-17(23(30)26-24(2,3)4)27(15-18-8-7-9-21(14-18)33-5)22(29)16-28(34(6,31)32)20-12-10-19(25)11-13-20/h7-14,17H,15-16H2,1-6H3,(H,26,30)/t17-/m1/s1. The molecule has 2 aromatic rings. The molecule has 0 radical (unpaired) electrons. The summed E-state index contributed by atoms with van der Waals surface area (Å²) in [6.07, 6.45) is 1.05. The van der Waals surface area contributed by atoms with Gasteiger partial charge >= 0.3 is 0 Å². The van der Waals surface area contributed by atoms with Crippen LogP contribution in [0.2, 0.25) is 0 Å². The number of nitrogens with zero attached hydrogens (tertiary/aromatic N) is 2. The molecule has 0 aliphatic heterocycles. The molecular formula is C24H32BrN3O5S. The first-order valence-corrected chi connectivity index (χ1v) is 13.3. The van der Waals surface area contributed by atoms with E-state index in [1.165, 1.54) is 4.90 Å². The van der Waals surface area contributed by atoms with Crippen LogP contribution in [0.4, 0.5) is 5.69 Å². The monoisotopic (exact) mass is 553 g/mol. The van der Waals surface area contributed by atoms with E-state index >= 15 is 0 Å². The fourth-order valence-corrected chi connectivity index (χ4v) is 4.36. The number of halogens is 1. The molecule has 34 heavy (non-hydrogen) atoms. The fourth-order valence-electron chi connectivity index (χ4n) is 3.25.